The minimum absolute atomic E-state index is 0.902. The van der Waals surface area contributed by atoms with Gasteiger partial charge in [-0.2, -0.15) is 0 Å². The highest BCUT2D eigenvalue weighted by atomic mass is 28.3. The van der Waals surface area contributed by atoms with Crippen LogP contribution >= 0.6 is 0 Å². The van der Waals surface area contributed by atoms with Crippen LogP contribution in [-0.4, -0.2) is 24.2 Å². The fraction of sp³-hybridized carbons (Fsp3) is 0.182. The average Bonchev–Trinajstić information content (AvgIpc) is 3.08. The summed E-state index contributed by atoms with van der Waals surface area (Å²) in [7, 11) is -6.18. The topological polar surface area (TPSA) is 18.5 Å². The molecule has 0 N–H and O–H groups in total. The first-order valence-electron chi connectivity index (χ1n) is 17.3. The van der Waals surface area contributed by atoms with Gasteiger partial charge in [0.15, 0.2) is 8.07 Å². The van der Waals surface area contributed by atoms with E-state index in [1.807, 2.05) is 0 Å². The lowest BCUT2D eigenvalue weighted by molar-refractivity contribution is 0.482. The summed E-state index contributed by atoms with van der Waals surface area (Å²) in [5, 5.41) is 7.83. The molecule has 0 bridgehead atoms. The van der Waals surface area contributed by atoms with Gasteiger partial charge in [0.1, 0.15) is 23.0 Å². The van der Waals surface area contributed by atoms with Crippen LogP contribution in [0.25, 0.3) is 0 Å². The molecule has 0 aliphatic rings. The van der Waals surface area contributed by atoms with Crippen LogP contribution in [0.2, 0.25) is 39.3 Å². The number of hydrogen-bond donors (Lipinski definition) is 0. The standard InChI is InChI=1S/C44H48O2Si3/c1-33-27-29-37(31-41(33)45-39-23-15-17-25-43(39)47(3,4)5)49(35-19-11-9-12-20-35,36-21-13-10-14-22-36)38-30-28-34(2)42(32-38)46-40-24-16-18-26-44(40)48(6,7)8/h9-32H,1-8H3. The van der Waals surface area contributed by atoms with Crippen LogP contribution in [0.5, 0.6) is 23.0 Å². The van der Waals surface area contributed by atoms with Crippen LogP contribution in [0.4, 0.5) is 0 Å². The zero-order valence-corrected chi connectivity index (χ0v) is 33.2. The maximum atomic E-state index is 6.91. The van der Waals surface area contributed by atoms with E-state index in [2.05, 4.69) is 199 Å². The Morgan fingerprint density at radius 2 is 0.694 bits per heavy atom. The van der Waals surface area contributed by atoms with Crippen molar-refractivity contribution in [2.24, 2.45) is 0 Å². The van der Waals surface area contributed by atoms with Gasteiger partial charge >= 0.3 is 0 Å². The number of hydrogen-bond acceptors (Lipinski definition) is 2. The molecule has 6 aromatic carbocycles. The molecule has 0 fully saturated rings. The van der Waals surface area contributed by atoms with Gasteiger partial charge in [0, 0.05) is 0 Å². The summed E-state index contributed by atoms with van der Waals surface area (Å²) in [4.78, 5) is 0. The first kappa shape index (κ1) is 34.4. The van der Waals surface area contributed by atoms with Crippen LogP contribution in [0.1, 0.15) is 11.1 Å². The van der Waals surface area contributed by atoms with Crippen molar-refractivity contribution >= 4 is 55.3 Å². The zero-order chi connectivity index (χ0) is 34.8. The van der Waals surface area contributed by atoms with Crippen molar-refractivity contribution in [3.63, 3.8) is 0 Å². The molecule has 0 amide bonds. The van der Waals surface area contributed by atoms with Gasteiger partial charge in [-0.1, -0.05) is 161 Å². The Morgan fingerprint density at radius 3 is 1.06 bits per heavy atom. The van der Waals surface area contributed by atoms with E-state index in [0.29, 0.717) is 0 Å². The first-order valence-corrected chi connectivity index (χ1v) is 26.3. The summed E-state index contributed by atoms with van der Waals surface area (Å²) >= 11 is 0. The maximum absolute atomic E-state index is 6.91. The Labute approximate surface area is 296 Å². The Bertz CT molecular complexity index is 1910. The molecule has 6 rings (SSSR count). The quantitative estimate of drug-likeness (QED) is 0.106. The van der Waals surface area contributed by atoms with Crippen LogP contribution in [-0.2, 0) is 0 Å². The number of aryl methyl sites for hydroxylation is 2. The van der Waals surface area contributed by atoms with Crippen molar-refractivity contribution < 1.29 is 9.47 Å². The monoisotopic (exact) mass is 692 g/mol. The van der Waals surface area contributed by atoms with E-state index in [0.717, 1.165) is 34.1 Å². The zero-order valence-electron chi connectivity index (χ0n) is 30.2. The van der Waals surface area contributed by atoms with E-state index >= 15 is 0 Å². The summed E-state index contributed by atoms with van der Waals surface area (Å²) in [6.45, 7) is 18.6. The first-order chi connectivity index (χ1) is 23.4. The Balaban J connectivity index is 1.60. The Morgan fingerprint density at radius 1 is 0.347 bits per heavy atom. The van der Waals surface area contributed by atoms with Crippen LogP contribution in [0.15, 0.2) is 146 Å². The number of ether oxygens (including phenoxy) is 2. The molecule has 0 aliphatic heterocycles. The van der Waals surface area contributed by atoms with E-state index in [1.54, 1.807) is 0 Å². The van der Waals surface area contributed by atoms with E-state index in [-0.39, 0.29) is 0 Å². The molecule has 0 aromatic heterocycles. The summed E-state index contributed by atoms with van der Waals surface area (Å²) in [6, 6.07) is 53.1. The van der Waals surface area contributed by atoms with Gasteiger partial charge in [-0.05, 0) is 80.4 Å². The summed E-state index contributed by atoms with van der Waals surface area (Å²) in [5.74, 6) is 3.72. The molecule has 2 nitrogen and oxygen atoms in total. The number of rotatable bonds is 10. The minimum atomic E-state index is -2.89. The molecular weight excluding hydrogens is 645 g/mol. The van der Waals surface area contributed by atoms with E-state index in [1.165, 1.54) is 31.1 Å². The largest absolute Gasteiger partial charge is 0.457 e. The molecule has 0 aliphatic carbocycles. The molecule has 0 unspecified atom stereocenters. The fourth-order valence-electron chi connectivity index (χ4n) is 6.85. The maximum Gasteiger partial charge on any atom is 0.179 e. The van der Waals surface area contributed by atoms with Gasteiger partial charge in [-0.15, -0.1) is 0 Å². The van der Waals surface area contributed by atoms with Crippen molar-refractivity contribution in [1.29, 1.82) is 0 Å². The molecule has 6 aromatic rings. The molecule has 0 atom stereocenters. The van der Waals surface area contributed by atoms with Crippen LogP contribution < -0.4 is 40.6 Å². The molecule has 49 heavy (non-hydrogen) atoms. The molecule has 0 saturated carbocycles. The molecule has 0 radical (unpaired) electrons. The van der Waals surface area contributed by atoms with Crippen LogP contribution in [0, 0.1) is 13.8 Å². The molecule has 5 heteroatoms. The third kappa shape index (κ3) is 7.02. The van der Waals surface area contributed by atoms with E-state index in [4.69, 9.17) is 9.47 Å². The van der Waals surface area contributed by atoms with E-state index < -0.39 is 24.2 Å². The van der Waals surface area contributed by atoms with Gasteiger partial charge in [0.05, 0.1) is 16.1 Å². The highest BCUT2D eigenvalue weighted by Crippen LogP contribution is 2.28. The SMILES string of the molecule is Cc1ccc([Si](c2ccccc2)(c2ccccc2)c2ccc(C)c(Oc3ccccc3[Si](C)(C)C)c2)cc1Oc1ccccc1[Si](C)(C)C. The van der Waals surface area contributed by atoms with E-state index in [9.17, 15) is 0 Å². The molecule has 248 valence electrons. The lowest BCUT2D eigenvalue weighted by atomic mass is 10.2. The van der Waals surface area contributed by atoms with Gasteiger partial charge in [-0.25, -0.2) is 0 Å². The number of benzene rings is 6. The van der Waals surface area contributed by atoms with Crippen LogP contribution in [0.3, 0.4) is 0 Å². The van der Waals surface area contributed by atoms with Gasteiger partial charge in [0.2, 0.25) is 0 Å². The normalized spacial score (nSPS) is 12.1. The summed E-state index contributed by atoms with van der Waals surface area (Å²) in [5.41, 5.74) is 2.24. The second-order valence-electron chi connectivity index (χ2n) is 15.1. The molecule has 0 heterocycles. The minimum Gasteiger partial charge on any atom is -0.457 e. The van der Waals surface area contributed by atoms with Gasteiger partial charge in [-0.3, -0.25) is 0 Å². The lowest BCUT2D eigenvalue weighted by Gasteiger charge is -2.35. The fourth-order valence-corrected chi connectivity index (χ4v) is 14.5. The summed E-state index contributed by atoms with van der Waals surface area (Å²) < 4.78 is 13.8. The van der Waals surface area contributed by atoms with Crippen molar-refractivity contribution in [3.05, 3.63) is 157 Å². The second-order valence-corrected chi connectivity index (χ2v) is 29.0. The molecule has 0 saturated heterocycles. The second kappa shape index (κ2) is 13.8. The van der Waals surface area contributed by atoms with Gasteiger partial charge in [0.25, 0.3) is 0 Å². The Hall–Kier alpha value is -4.43. The highest BCUT2D eigenvalue weighted by Gasteiger charge is 2.42. The van der Waals surface area contributed by atoms with Crippen molar-refractivity contribution in [3.8, 4) is 23.0 Å². The van der Waals surface area contributed by atoms with Crippen molar-refractivity contribution in [2.75, 3.05) is 0 Å². The smallest absolute Gasteiger partial charge is 0.179 e. The van der Waals surface area contributed by atoms with Crippen molar-refractivity contribution in [2.45, 2.75) is 53.1 Å². The average molecular weight is 693 g/mol. The summed E-state index contributed by atoms with van der Waals surface area (Å²) in [6.07, 6.45) is 0. The molecule has 0 spiro atoms. The third-order valence-corrected chi connectivity index (χ3v) is 18.3. The number of para-hydroxylation sites is 2. The molecular formula is C44H48O2Si3. The lowest BCUT2D eigenvalue weighted by Crippen LogP contribution is -2.74. The predicted molar refractivity (Wildman–Crippen MR) is 219 cm³/mol. The van der Waals surface area contributed by atoms with Crippen molar-refractivity contribution in [1.82, 2.24) is 0 Å². The predicted octanol–water partition coefficient (Wildman–Crippen LogP) is 8.36. The third-order valence-electron chi connectivity index (χ3n) is 9.49. The van der Waals surface area contributed by atoms with Gasteiger partial charge < -0.3 is 9.47 Å². The Kier molecular flexibility index (Phi) is 9.72. The highest BCUT2D eigenvalue weighted by molar-refractivity contribution is 7.20.